The van der Waals surface area contributed by atoms with Gasteiger partial charge < -0.3 is 14.8 Å². The topological polar surface area (TPSA) is 33.1 Å². The van der Waals surface area contributed by atoms with Crippen molar-refractivity contribution < 1.29 is 0 Å². The first kappa shape index (κ1) is 12.9. The first-order chi connectivity index (χ1) is 8.68. The first-order valence-electron chi connectivity index (χ1n) is 6.48. The maximum absolute atomic E-state index is 4.59. The Morgan fingerprint density at radius 3 is 2.72 bits per heavy atom. The molecule has 1 aromatic heterocycles. The molecule has 0 atom stereocenters. The van der Waals surface area contributed by atoms with Crippen LogP contribution in [0.5, 0.6) is 0 Å². The third kappa shape index (κ3) is 3.01. The molecule has 2 rings (SSSR count). The molecule has 18 heavy (non-hydrogen) atoms. The number of fused-ring (bicyclic) bond motifs is 1. The highest BCUT2D eigenvalue weighted by Gasteiger charge is 2.05. The smallest absolute Gasteiger partial charge is 0.203 e. The van der Waals surface area contributed by atoms with Gasteiger partial charge in [0.1, 0.15) is 0 Å². The summed E-state index contributed by atoms with van der Waals surface area (Å²) >= 11 is 0. The van der Waals surface area contributed by atoms with Crippen LogP contribution in [0, 0.1) is 0 Å². The highest BCUT2D eigenvalue weighted by Crippen LogP contribution is 2.17. The van der Waals surface area contributed by atoms with Gasteiger partial charge in [-0.05, 0) is 45.6 Å². The van der Waals surface area contributed by atoms with E-state index in [0.717, 1.165) is 24.6 Å². The van der Waals surface area contributed by atoms with Crippen molar-refractivity contribution in [3.63, 3.8) is 0 Å². The zero-order chi connectivity index (χ0) is 13.0. The number of aromatic nitrogens is 2. The number of rotatable bonds is 6. The van der Waals surface area contributed by atoms with Gasteiger partial charge in [-0.1, -0.05) is 12.1 Å². The lowest BCUT2D eigenvalue weighted by molar-refractivity contribution is 0.396. The molecule has 0 fully saturated rings. The average Bonchev–Trinajstić information content (AvgIpc) is 2.66. The predicted octanol–water partition coefficient (Wildman–Crippen LogP) is 2.33. The summed E-state index contributed by atoms with van der Waals surface area (Å²) in [6, 6.07) is 8.22. The second kappa shape index (κ2) is 5.87. The zero-order valence-corrected chi connectivity index (χ0v) is 11.5. The van der Waals surface area contributed by atoms with E-state index in [-0.39, 0.29) is 0 Å². The molecule has 4 heteroatoms. The molecule has 1 aromatic carbocycles. The highest BCUT2D eigenvalue weighted by molar-refractivity contribution is 5.78. The summed E-state index contributed by atoms with van der Waals surface area (Å²) in [4.78, 5) is 6.80. The zero-order valence-electron chi connectivity index (χ0n) is 11.5. The number of hydrogen-bond acceptors (Lipinski definition) is 3. The van der Waals surface area contributed by atoms with E-state index in [2.05, 4.69) is 47.0 Å². The van der Waals surface area contributed by atoms with Gasteiger partial charge in [-0.3, -0.25) is 0 Å². The Hall–Kier alpha value is -1.55. The van der Waals surface area contributed by atoms with Crippen LogP contribution in [0.2, 0.25) is 0 Å². The molecule has 98 valence electrons. The number of nitrogens with one attached hydrogen (secondary N) is 1. The average molecular weight is 246 g/mol. The normalized spacial score (nSPS) is 11.3. The minimum absolute atomic E-state index is 0.959. The van der Waals surface area contributed by atoms with Gasteiger partial charge in [0.2, 0.25) is 5.95 Å². The standard InChI is InChI=1S/C14H22N4/c1-17(2)11-7-6-10-15-14-16-12-8-4-5-9-13(12)18(14)3/h4-5,8-9H,6-7,10-11H2,1-3H3,(H,15,16). The van der Waals surface area contributed by atoms with Gasteiger partial charge in [0, 0.05) is 13.6 Å². The SMILES string of the molecule is CN(C)CCCCNc1nc2ccccc2n1C. The van der Waals surface area contributed by atoms with Crippen LogP contribution in [0.15, 0.2) is 24.3 Å². The quantitative estimate of drug-likeness (QED) is 0.794. The molecule has 0 aliphatic rings. The number of benzene rings is 1. The van der Waals surface area contributed by atoms with Crippen molar-refractivity contribution in [2.45, 2.75) is 12.8 Å². The molecule has 0 aliphatic heterocycles. The van der Waals surface area contributed by atoms with E-state index >= 15 is 0 Å². The summed E-state index contributed by atoms with van der Waals surface area (Å²) in [5.74, 6) is 0.959. The molecule has 1 heterocycles. The molecular formula is C14H22N4. The van der Waals surface area contributed by atoms with E-state index in [1.807, 2.05) is 18.2 Å². The van der Waals surface area contributed by atoms with Gasteiger partial charge in [0.25, 0.3) is 0 Å². The van der Waals surface area contributed by atoms with Crippen molar-refractivity contribution in [1.29, 1.82) is 0 Å². The summed E-state index contributed by atoms with van der Waals surface area (Å²) in [5.41, 5.74) is 2.23. The van der Waals surface area contributed by atoms with Crippen molar-refractivity contribution in [2.75, 3.05) is 32.5 Å². The lowest BCUT2D eigenvalue weighted by atomic mass is 10.3. The summed E-state index contributed by atoms with van der Waals surface area (Å²) in [6.07, 6.45) is 2.38. The highest BCUT2D eigenvalue weighted by atomic mass is 15.2. The molecule has 0 radical (unpaired) electrons. The third-order valence-corrected chi connectivity index (χ3v) is 3.10. The molecule has 0 amide bonds. The Morgan fingerprint density at radius 2 is 2.00 bits per heavy atom. The number of nitrogens with zero attached hydrogens (tertiary/aromatic N) is 3. The van der Waals surface area contributed by atoms with Gasteiger partial charge in [-0.2, -0.15) is 0 Å². The van der Waals surface area contributed by atoms with Crippen LogP contribution in [0.4, 0.5) is 5.95 Å². The van der Waals surface area contributed by atoms with Crippen LogP contribution in [-0.4, -0.2) is 41.6 Å². The number of anilines is 1. The second-order valence-corrected chi connectivity index (χ2v) is 4.92. The fourth-order valence-corrected chi connectivity index (χ4v) is 2.06. The number of imidazole rings is 1. The molecule has 0 spiro atoms. The van der Waals surface area contributed by atoms with E-state index in [0.29, 0.717) is 0 Å². The molecule has 2 aromatic rings. The van der Waals surface area contributed by atoms with E-state index in [1.54, 1.807) is 0 Å². The van der Waals surface area contributed by atoms with Gasteiger partial charge in [-0.25, -0.2) is 4.98 Å². The minimum Gasteiger partial charge on any atom is -0.356 e. The number of hydrogen-bond donors (Lipinski definition) is 1. The Morgan fingerprint density at radius 1 is 1.22 bits per heavy atom. The van der Waals surface area contributed by atoms with Crippen molar-refractivity contribution in [2.24, 2.45) is 7.05 Å². The summed E-state index contributed by atoms with van der Waals surface area (Å²) in [5, 5.41) is 3.41. The van der Waals surface area contributed by atoms with Crippen LogP contribution < -0.4 is 5.32 Å². The van der Waals surface area contributed by atoms with Gasteiger partial charge in [0.15, 0.2) is 0 Å². The fourth-order valence-electron chi connectivity index (χ4n) is 2.06. The van der Waals surface area contributed by atoms with Crippen molar-refractivity contribution in [3.8, 4) is 0 Å². The van der Waals surface area contributed by atoms with Crippen LogP contribution in [0.25, 0.3) is 11.0 Å². The number of aryl methyl sites for hydroxylation is 1. The van der Waals surface area contributed by atoms with Crippen LogP contribution >= 0.6 is 0 Å². The molecule has 0 aliphatic carbocycles. The van der Waals surface area contributed by atoms with Crippen LogP contribution in [-0.2, 0) is 7.05 Å². The molecular weight excluding hydrogens is 224 g/mol. The molecule has 1 N–H and O–H groups in total. The lowest BCUT2D eigenvalue weighted by Gasteiger charge is -2.09. The number of para-hydroxylation sites is 2. The van der Waals surface area contributed by atoms with Gasteiger partial charge in [-0.15, -0.1) is 0 Å². The molecule has 0 unspecified atom stereocenters. The molecule has 4 nitrogen and oxygen atoms in total. The van der Waals surface area contributed by atoms with Crippen molar-refractivity contribution in [3.05, 3.63) is 24.3 Å². The lowest BCUT2D eigenvalue weighted by Crippen LogP contribution is -2.14. The third-order valence-electron chi connectivity index (χ3n) is 3.10. The predicted molar refractivity (Wildman–Crippen MR) is 77.0 cm³/mol. The molecule has 0 saturated carbocycles. The summed E-state index contributed by atoms with van der Waals surface area (Å²) in [6.45, 7) is 2.12. The van der Waals surface area contributed by atoms with Gasteiger partial charge in [0.05, 0.1) is 11.0 Å². The van der Waals surface area contributed by atoms with Crippen molar-refractivity contribution >= 4 is 17.0 Å². The molecule has 0 saturated heterocycles. The maximum Gasteiger partial charge on any atom is 0.203 e. The fraction of sp³-hybridized carbons (Fsp3) is 0.500. The second-order valence-electron chi connectivity index (χ2n) is 4.92. The van der Waals surface area contributed by atoms with Crippen LogP contribution in [0.1, 0.15) is 12.8 Å². The van der Waals surface area contributed by atoms with E-state index < -0.39 is 0 Å². The maximum atomic E-state index is 4.59. The Labute approximate surface area is 109 Å². The Kier molecular flexibility index (Phi) is 4.20. The van der Waals surface area contributed by atoms with E-state index in [1.165, 1.54) is 18.4 Å². The summed E-state index contributed by atoms with van der Waals surface area (Å²) < 4.78 is 2.11. The van der Waals surface area contributed by atoms with Crippen molar-refractivity contribution in [1.82, 2.24) is 14.5 Å². The Bertz CT molecular complexity index is 501. The summed E-state index contributed by atoms with van der Waals surface area (Å²) in [7, 11) is 6.27. The van der Waals surface area contributed by atoms with E-state index in [9.17, 15) is 0 Å². The van der Waals surface area contributed by atoms with Crippen LogP contribution in [0.3, 0.4) is 0 Å². The minimum atomic E-state index is 0.959. The van der Waals surface area contributed by atoms with E-state index in [4.69, 9.17) is 0 Å². The monoisotopic (exact) mass is 246 g/mol. The first-order valence-corrected chi connectivity index (χ1v) is 6.48. The van der Waals surface area contributed by atoms with Gasteiger partial charge >= 0.3 is 0 Å². The molecule has 0 bridgehead atoms. The largest absolute Gasteiger partial charge is 0.356 e. The number of unbranched alkanes of at least 4 members (excludes halogenated alkanes) is 1. The Balaban J connectivity index is 1.90.